The monoisotopic (exact) mass is 499 g/mol. The number of likely N-dealkylation sites (tertiary alicyclic amines) is 1. The van der Waals surface area contributed by atoms with E-state index in [0.717, 1.165) is 51.2 Å². The van der Waals surface area contributed by atoms with Crippen LogP contribution in [-0.4, -0.2) is 72.4 Å². The first-order valence-electron chi connectivity index (χ1n) is 11.9. The van der Waals surface area contributed by atoms with Gasteiger partial charge in [0.05, 0.1) is 17.1 Å². The number of amidine groups is 1. The van der Waals surface area contributed by atoms with E-state index in [0.29, 0.717) is 35.3 Å². The van der Waals surface area contributed by atoms with Crippen molar-refractivity contribution in [1.29, 1.82) is 0 Å². The van der Waals surface area contributed by atoms with Gasteiger partial charge < -0.3 is 5.73 Å². The van der Waals surface area contributed by atoms with Gasteiger partial charge in [-0.3, -0.25) is 14.9 Å². The van der Waals surface area contributed by atoms with Crippen molar-refractivity contribution in [3.05, 3.63) is 29.6 Å². The topological polar surface area (TPSA) is 91.9 Å². The predicted octanol–water partition coefficient (Wildman–Crippen LogP) is 2.58. The highest BCUT2D eigenvalue weighted by Gasteiger charge is 2.59. The maximum Gasteiger partial charge on any atom is 0.417 e. The third-order valence-corrected chi connectivity index (χ3v) is 10.3. The van der Waals surface area contributed by atoms with Gasteiger partial charge in [-0.1, -0.05) is 0 Å². The van der Waals surface area contributed by atoms with Crippen LogP contribution in [0.4, 0.5) is 13.2 Å². The average molecular weight is 500 g/mol. The number of nitrogens with zero attached hydrogens (tertiary/aromatic N) is 4. The molecule has 4 fully saturated rings. The van der Waals surface area contributed by atoms with Gasteiger partial charge in [0.1, 0.15) is 0 Å². The zero-order chi connectivity index (χ0) is 24.5. The number of halogens is 3. The van der Waals surface area contributed by atoms with Gasteiger partial charge in [0.15, 0.2) is 15.7 Å². The molecule has 2 aliphatic heterocycles. The molecule has 0 bridgehead atoms. The number of hydrazone groups is 1. The number of pyridine rings is 1. The molecule has 188 valence electrons. The fourth-order valence-corrected chi connectivity index (χ4v) is 8.69. The summed E-state index contributed by atoms with van der Waals surface area (Å²) in [4.78, 5) is 6.19. The van der Waals surface area contributed by atoms with Crippen molar-refractivity contribution in [2.45, 2.75) is 51.4 Å². The smallest absolute Gasteiger partial charge is 0.382 e. The number of sulfone groups is 1. The standard InChI is InChI=1S/C23H32F3N5O2S/c1-14(2)31(29-21(27)15-5-16(9-28-8-15)23(24,25)26)10-20-18-6-17(7-19(18)20)30-4-3-22(11-30)12-34(32,33)13-22/h5,8-9,14,17-20H,3-4,6-7,10-13H2,1-2H3,(H2,27,29)/t17-,18+,19-,20-. The van der Waals surface area contributed by atoms with E-state index in [-0.39, 0.29) is 22.9 Å². The molecule has 2 N–H and O–H groups in total. The zero-order valence-electron chi connectivity index (χ0n) is 19.5. The summed E-state index contributed by atoms with van der Waals surface area (Å²) in [5.74, 6) is 2.49. The minimum atomic E-state index is -4.48. The summed E-state index contributed by atoms with van der Waals surface area (Å²) >= 11 is 0. The molecular weight excluding hydrogens is 467 g/mol. The Balaban J connectivity index is 1.18. The molecule has 3 heterocycles. The number of rotatable bonds is 6. The molecule has 2 aliphatic carbocycles. The molecule has 34 heavy (non-hydrogen) atoms. The number of aromatic nitrogens is 1. The van der Waals surface area contributed by atoms with Crippen molar-refractivity contribution >= 4 is 15.7 Å². The fraction of sp³-hybridized carbons (Fsp3) is 0.739. The van der Waals surface area contributed by atoms with Gasteiger partial charge in [-0.05, 0) is 63.5 Å². The zero-order valence-corrected chi connectivity index (χ0v) is 20.3. The van der Waals surface area contributed by atoms with Gasteiger partial charge in [0.2, 0.25) is 0 Å². The van der Waals surface area contributed by atoms with E-state index in [4.69, 9.17) is 5.73 Å². The minimum Gasteiger partial charge on any atom is -0.382 e. The second-order valence-electron chi connectivity index (χ2n) is 11.0. The number of alkyl halides is 3. The molecular formula is C23H32F3N5O2S. The molecule has 5 rings (SSSR count). The van der Waals surface area contributed by atoms with Crippen molar-refractivity contribution in [2.75, 3.05) is 31.1 Å². The first-order chi connectivity index (χ1) is 15.9. The molecule has 2 saturated carbocycles. The highest BCUT2D eigenvalue weighted by atomic mass is 32.2. The number of hydrogen-bond donors (Lipinski definition) is 1. The predicted molar refractivity (Wildman–Crippen MR) is 123 cm³/mol. The Hall–Kier alpha value is -1.88. The van der Waals surface area contributed by atoms with Crippen LogP contribution in [0.25, 0.3) is 0 Å². The van der Waals surface area contributed by atoms with Gasteiger partial charge >= 0.3 is 6.18 Å². The maximum absolute atomic E-state index is 13.0. The van der Waals surface area contributed by atoms with Crippen molar-refractivity contribution in [2.24, 2.45) is 34.0 Å². The van der Waals surface area contributed by atoms with Gasteiger partial charge in [-0.25, -0.2) is 8.42 Å². The van der Waals surface area contributed by atoms with Crippen molar-refractivity contribution in [3.8, 4) is 0 Å². The molecule has 1 spiro atoms. The summed E-state index contributed by atoms with van der Waals surface area (Å²) < 4.78 is 62.4. The maximum atomic E-state index is 13.0. The Labute approximate surface area is 198 Å². The van der Waals surface area contributed by atoms with E-state index >= 15 is 0 Å². The molecule has 7 nitrogen and oxygen atoms in total. The van der Waals surface area contributed by atoms with E-state index in [2.05, 4.69) is 15.0 Å². The van der Waals surface area contributed by atoms with Crippen LogP contribution in [0.5, 0.6) is 0 Å². The van der Waals surface area contributed by atoms with Crippen LogP contribution >= 0.6 is 0 Å². The van der Waals surface area contributed by atoms with Gasteiger partial charge in [-0.2, -0.15) is 18.3 Å². The Morgan fingerprint density at radius 1 is 1.29 bits per heavy atom. The van der Waals surface area contributed by atoms with Crippen LogP contribution in [0.2, 0.25) is 0 Å². The summed E-state index contributed by atoms with van der Waals surface area (Å²) in [6, 6.07) is 1.58. The van der Waals surface area contributed by atoms with Crippen molar-refractivity contribution < 1.29 is 21.6 Å². The Morgan fingerprint density at radius 3 is 2.56 bits per heavy atom. The lowest BCUT2D eigenvalue weighted by Crippen LogP contribution is -2.50. The van der Waals surface area contributed by atoms with Crippen LogP contribution in [0, 0.1) is 23.2 Å². The summed E-state index contributed by atoms with van der Waals surface area (Å²) in [5.41, 5.74) is 5.40. The molecule has 0 aromatic carbocycles. The molecule has 2 saturated heterocycles. The Kier molecular flexibility index (Phi) is 5.66. The largest absolute Gasteiger partial charge is 0.417 e. The molecule has 1 aromatic rings. The Bertz CT molecular complexity index is 1070. The van der Waals surface area contributed by atoms with Crippen LogP contribution in [0.3, 0.4) is 0 Å². The quantitative estimate of drug-likeness (QED) is 0.368. The number of hydrogen-bond acceptors (Lipinski definition) is 6. The molecule has 1 aromatic heterocycles. The molecule has 11 heteroatoms. The normalized spacial score (nSPS) is 32.1. The lowest BCUT2D eigenvalue weighted by atomic mass is 9.91. The molecule has 0 unspecified atom stereocenters. The summed E-state index contributed by atoms with van der Waals surface area (Å²) in [7, 11) is -2.81. The highest BCUT2D eigenvalue weighted by Crippen LogP contribution is 2.59. The van der Waals surface area contributed by atoms with Crippen molar-refractivity contribution in [3.63, 3.8) is 0 Å². The van der Waals surface area contributed by atoms with Gasteiger partial charge in [-0.15, -0.1) is 0 Å². The van der Waals surface area contributed by atoms with E-state index in [1.165, 1.54) is 6.20 Å². The van der Waals surface area contributed by atoms with Gasteiger partial charge in [0.25, 0.3) is 0 Å². The summed E-state index contributed by atoms with van der Waals surface area (Å²) in [6.45, 7) is 6.63. The van der Waals surface area contributed by atoms with Crippen LogP contribution in [0.15, 0.2) is 23.6 Å². The number of nitrogens with two attached hydrogens (primary N) is 1. The molecule has 0 amide bonds. The molecule has 4 atom stereocenters. The third-order valence-electron chi connectivity index (χ3n) is 8.23. The third kappa shape index (κ3) is 4.53. The fourth-order valence-electron chi connectivity index (χ4n) is 6.44. The lowest BCUT2D eigenvalue weighted by molar-refractivity contribution is -0.137. The minimum absolute atomic E-state index is 0.00394. The van der Waals surface area contributed by atoms with Crippen LogP contribution < -0.4 is 5.73 Å². The van der Waals surface area contributed by atoms with E-state index in [1.807, 2.05) is 18.9 Å². The molecule has 4 aliphatic rings. The van der Waals surface area contributed by atoms with Crippen LogP contribution in [0.1, 0.15) is 44.2 Å². The first-order valence-corrected chi connectivity index (χ1v) is 13.8. The SMILES string of the molecule is CC(C)N(C[C@H]1[C@@H]2C[C@H](N3CCC4(C3)CS(=O)(=O)C4)C[C@@H]21)/N=C(\N)c1cncc(C(F)(F)F)c1. The van der Waals surface area contributed by atoms with E-state index in [9.17, 15) is 21.6 Å². The van der Waals surface area contributed by atoms with Gasteiger partial charge in [0, 0.05) is 48.5 Å². The first kappa shape index (κ1) is 23.8. The number of fused-ring (bicyclic) bond motifs is 1. The second-order valence-corrected chi connectivity index (χ2v) is 13.1. The molecule has 0 radical (unpaired) electrons. The summed E-state index contributed by atoms with van der Waals surface area (Å²) in [5, 5.41) is 6.36. The summed E-state index contributed by atoms with van der Waals surface area (Å²) in [6.07, 6.45) is 0.845. The average Bonchev–Trinajstić information content (AvgIpc) is 3.08. The Morgan fingerprint density at radius 2 is 1.97 bits per heavy atom. The highest BCUT2D eigenvalue weighted by molar-refractivity contribution is 7.92. The van der Waals surface area contributed by atoms with E-state index < -0.39 is 21.6 Å². The van der Waals surface area contributed by atoms with Crippen molar-refractivity contribution in [1.82, 2.24) is 14.9 Å². The lowest BCUT2D eigenvalue weighted by Gasteiger charge is -2.38. The van der Waals surface area contributed by atoms with Crippen LogP contribution in [-0.2, 0) is 16.0 Å². The van der Waals surface area contributed by atoms with E-state index in [1.54, 1.807) is 0 Å². The second kappa shape index (κ2) is 8.08.